The Labute approximate surface area is 122 Å². The number of fused-ring (bicyclic) bond motifs is 1. The number of thiophene rings is 1. The summed E-state index contributed by atoms with van der Waals surface area (Å²) in [7, 11) is 0. The van der Waals surface area contributed by atoms with Gasteiger partial charge >= 0.3 is 0 Å². The van der Waals surface area contributed by atoms with Gasteiger partial charge in [0.2, 0.25) is 0 Å². The molecule has 0 radical (unpaired) electrons. The van der Waals surface area contributed by atoms with E-state index in [0.717, 1.165) is 29.2 Å². The van der Waals surface area contributed by atoms with Crippen LogP contribution in [0.25, 0.3) is 0 Å². The highest BCUT2D eigenvalue weighted by molar-refractivity contribution is 7.16. The molecule has 4 heteroatoms. The number of rotatable bonds is 2. The van der Waals surface area contributed by atoms with E-state index >= 15 is 0 Å². The predicted octanol–water partition coefficient (Wildman–Crippen LogP) is 4.49. The third-order valence-electron chi connectivity index (χ3n) is 4.01. The molecule has 2 unspecified atom stereocenters. The SMILES string of the molecule is Cc1cc2c(n1C(C)c1ccc(Cl)s1)CCCC2O. The van der Waals surface area contributed by atoms with Crippen LogP contribution in [0.15, 0.2) is 18.2 Å². The lowest BCUT2D eigenvalue weighted by atomic mass is 9.95. The van der Waals surface area contributed by atoms with Crippen molar-refractivity contribution in [3.8, 4) is 0 Å². The molecule has 2 atom stereocenters. The van der Waals surface area contributed by atoms with Crippen LogP contribution in [0.3, 0.4) is 0 Å². The summed E-state index contributed by atoms with van der Waals surface area (Å²) in [4.78, 5) is 1.27. The standard InChI is InChI=1S/C15H18ClNOS/c1-9-8-11-12(4-3-5-13(11)18)17(9)10(2)14-6-7-15(16)19-14/h6-8,10,13,18H,3-5H2,1-2H3. The fourth-order valence-corrected chi connectivity index (χ4v) is 4.22. The first-order chi connectivity index (χ1) is 9.08. The van der Waals surface area contributed by atoms with Crippen molar-refractivity contribution in [2.45, 2.75) is 45.3 Å². The van der Waals surface area contributed by atoms with Crippen molar-refractivity contribution < 1.29 is 5.11 Å². The lowest BCUT2D eigenvalue weighted by molar-refractivity contribution is 0.155. The second-order valence-corrected chi connectivity index (χ2v) is 7.03. The fourth-order valence-electron chi connectivity index (χ4n) is 3.12. The number of aliphatic hydroxyl groups excluding tert-OH is 1. The fraction of sp³-hybridized carbons (Fsp3) is 0.467. The summed E-state index contributed by atoms with van der Waals surface area (Å²) in [5, 5.41) is 10.1. The maximum atomic E-state index is 10.1. The van der Waals surface area contributed by atoms with Crippen molar-refractivity contribution in [1.82, 2.24) is 4.57 Å². The number of aliphatic hydroxyl groups is 1. The second-order valence-electron chi connectivity index (χ2n) is 5.28. The van der Waals surface area contributed by atoms with Crippen LogP contribution in [-0.2, 0) is 6.42 Å². The summed E-state index contributed by atoms with van der Waals surface area (Å²) in [6.45, 7) is 4.33. The largest absolute Gasteiger partial charge is 0.388 e. The molecule has 1 aliphatic carbocycles. The minimum atomic E-state index is -0.289. The van der Waals surface area contributed by atoms with E-state index in [0.29, 0.717) is 0 Å². The Morgan fingerprint density at radius 3 is 2.95 bits per heavy atom. The monoisotopic (exact) mass is 295 g/mol. The van der Waals surface area contributed by atoms with E-state index in [9.17, 15) is 5.11 Å². The lowest BCUT2D eigenvalue weighted by Gasteiger charge is -2.23. The van der Waals surface area contributed by atoms with Crippen LogP contribution in [-0.4, -0.2) is 9.67 Å². The van der Waals surface area contributed by atoms with Gasteiger partial charge in [-0.15, -0.1) is 11.3 Å². The molecule has 0 aromatic carbocycles. The number of hydrogen-bond acceptors (Lipinski definition) is 2. The van der Waals surface area contributed by atoms with Gasteiger partial charge in [0.25, 0.3) is 0 Å². The summed E-state index contributed by atoms with van der Waals surface area (Å²) in [5.41, 5.74) is 3.65. The Kier molecular flexibility index (Phi) is 3.46. The third kappa shape index (κ3) is 2.24. The molecule has 0 fully saturated rings. The molecule has 1 aliphatic rings. The average Bonchev–Trinajstić information content (AvgIpc) is 2.93. The van der Waals surface area contributed by atoms with Gasteiger partial charge in [-0.05, 0) is 51.3 Å². The second kappa shape index (κ2) is 4.97. The number of hydrogen-bond donors (Lipinski definition) is 1. The van der Waals surface area contributed by atoms with Crippen LogP contribution < -0.4 is 0 Å². The molecule has 19 heavy (non-hydrogen) atoms. The van der Waals surface area contributed by atoms with Gasteiger partial charge < -0.3 is 9.67 Å². The van der Waals surface area contributed by atoms with Gasteiger partial charge in [0.1, 0.15) is 0 Å². The lowest BCUT2D eigenvalue weighted by Crippen LogP contribution is -2.15. The predicted molar refractivity (Wildman–Crippen MR) is 80.2 cm³/mol. The van der Waals surface area contributed by atoms with Gasteiger partial charge in [0.05, 0.1) is 16.5 Å². The molecule has 2 heterocycles. The molecule has 2 nitrogen and oxygen atoms in total. The first-order valence-electron chi connectivity index (χ1n) is 6.72. The molecule has 102 valence electrons. The van der Waals surface area contributed by atoms with Crippen molar-refractivity contribution >= 4 is 22.9 Å². The van der Waals surface area contributed by atoms with E-state index in [1.165, 1.54) is 16.3 Å². The molecular weight excluding hydrogens is 278 g/mol. The van der Waals surface area contributed by atoms with Gasteiger partial charge in [-0.1, -0.05) is 11.6 Å². The molecule has 1 N–H and O–H groups in total. The highest BCUT2D eigenvalue weighted by atomic mass is 35.5. The van der Waals surface area contributed by atoms with Gasteiger partial charge in [-0.25, -0.2) is 0 Å². The molecular formula is C15H18ClNOS. The van der Waals surface area contributed by atoms with Crippen molar-refractivity contribution in [2.75, 3.05) is 0 Å². The molecule has 0 bridgehead atoms. The Morgan fingerprint density at radius 1 is 1.47 bits per heavy atom. The Bertz CT molecular complexity index is 601. The smallest absolute Gasteiger partial charge is 0.0932 e. The molecule has 0 spiro atoms. The van der Waals surface area contributed by atoms with Crippen LogP contribution in [0.4, 0.5) is 0 Å². The van der Waals surface area contributed by atoms with Gasteiger partial charge in [-0.2, -0.15) is 0 Å². The van der Waals surface area contributed by atoms with Crippen LogP contribution in [0.5, 0.6) is 0 Å². The average molecular weight is 296 g/mol. The topological polar surface area (TPSA) is 25.2 Å². The number of aryl methyl sites for hydroxylation is 1. The molecule has 3 rings (SSSR count). The van der Waals surface area contributed by atoms with E-state index in [-0.39, 0.29) is 12.1 Å². The highest BCUT2D eigenvalue weighted by Gasteiger charge is 2.25. The minimum Gasteiger partial charge on any atom is -0.388 e. The zero-order valence-electron chi connectivity index (χ0n) is 11.2. The van der Waals surface area contributed by atoms with Crippen molar-refractivity contribution in [3.05, 3.63) is 44.4 Å². The first-order valence-corrected chi connectivity index (χ1v) is 7.91. The maximum absolute atomic E-state index is 10.1. The number of aromatic nitrogens is 1. The molecule has 0 aliphatic heterocycles. The normalized spacial score (nSPS) is 20.3. The molecule has 0 saturated carbocycles. The third-order valence-corrected chi connectivity index (χ3v) is 5.41. The summed E-state index contributed by atoms with van der Waals surface area (Å²) < 4.78 is 3.19. The quantitative estimate of drug-likeness (QED) is 0.867. The van der Waals surface area contributed by atoms with Crippen molar-refractivity contribution in [2.24, 2.45) is 0 Å². The zero-order valence-corrected chi connectivity index (χ0v) is 12.8. The Hall–Kier alpha value is -0.770. The first kappa shape index (κ1) is 13.2. The van der Waals surface area contributed by atoms with E-state index in [2.05, 4.69) is 30.5 Å². The van der Waals surface area contributed by atoms with Crippen LogP contribution >= 0.6 is 22.9 Å². The number of nitrogens with zero attached hydrogens (tertiary/aromatic N) is 1. The van der Waals surface area contributed by atoms with Gasteiger partial charge in [-0.3, -0.25) is 0 Å². The number of halogens is 1. The summed E-state index contributed by atoms with van der Waals surface area (Å²) >= 11 is 7.68. The summed E-state index contributed by atoms with van der Waals surface area (Å²) in [6, 6.07) is 6.48. The maximum Gasteiger partial charge on any atom is 0.0932 e. The van der Waals surface area contributed by atoms with Crippen LogP contribution in [0.1, 0.15) is 53.7 Å². The van der Waals surface area contributed by atoms with Crippen molar-refractivity contribution in [3.63, 3.8) is 0 Å². The van der Waals surface area contributed by atoms with Gasteiger partial charge in [0.15, 0.2) is 0 Å². The summed E-state index contributed by atoms with van der Waals surface area (Å²) in [5.74, 6) is 0. The minimum absolute atomic E-state index is 0.284. The van der Waals surface area contributed by atoms with E-state index in [4.69, 9.17) is 11.6 Å². The zero-order chi connectivity index (χ0) is 13.6. The molecule has 2 aromatic heterocycles. The molecule has 0 amide bonds. The van der Waals surface area contributed by atoms with E-state index in [1.54, 1.807) is 11.3 Å². The van der Waals surface area contributed by atoms with Crippen LogP contribution in [0.2, 0.25) is 4.34 Å². The van der Waals surface area contributed by atoms with Crippen molar-refractivity contribution in [1.29, 1.82) is 0 Å². The van der Waals surface area contributed by atoms with E-state index < -0.39 is 0 Å². The van der Waals surface area contributed by atoms with E-state index in [1.807, 2.05) is 6.07 Å². The molecule has 2 aromatic rings. The molecule has 0 saturated heterocycles. The highest BCUT2D eigenvalue weighted by Crippen LogP contribution is 2.37. The Morgan fingerprint density at radius 2 is 2.26 bits per heavy atom. The van der Waals surface area contributed by atoms with Gasteiger partial charge in [0, 0.05) is 21.8 Å². The summed E-state index contributed by atoms with van der Waals surface area (Å²) in [6.07, 6.45) is 2.72. The Balaban J connectivity index is 2.05. The van der Waals surface area contributed by atoms with Crippen LogP contribution in [0, 0.1) is 6.92 Å².